The largest absolute Gasteiger partial charge is 0.264 e. The lowest BCUT2D eigenvalue weighted by molar-refractivity contribution is -0.545. The van der Waals surface area contributed by atoms with Crippen molar-refractivity contribution in [3.63, 3.8) is 0 Å². The van der Waals surface area contributed by atoms with E-state index in [4.69, 9.17) is 11.6 Å². The first-order valence-electron chi connectivity index (χ1n) is 8.25. The Bertz CT molecular complexity index is 812. The zero-order chi connectivity index (χ0) is 16.5. The van der Waals surface area contributed by atoms with E-state index in [1.807, 2.05) is 54.2 Å². The van der Waals surface area contributed by atoms with Crippen LogP contribution in [0.2, 0.25) is 5.02 Å². The van der Waals surface area contributed by atoms with Crippen LogP contribution in [0.3, 0.4) is 0 Å². The van der Waals surface area contributed by atoms with Crippen molar-refractivity contribution in [1.29, 1.82) is 0 Å². The zero-order valence-corrected chi connectivity index (χ0v) is 14.4. The van der Waals surface area contributed by atoms with E-state index in [1.165, 1.54) is 0 Å². The number of hydrogen-bond donors (Lipinski definition) is 0. The van der Waals surface area contributed by atoms with Gasteiger partial charge in [-0.25, -0.2) is 0 Å². The van der Waals surface area contributed by atoms with Gasteiger partial charge in [0.05, 0.1) is 11.8 Å². The molecule has 24 heavy (non-hydrogen) atoms. The van der Waals surface area contributed by atoms with Crippen LogP contribution in [0.1, 0.15) is 17.9 Å². The van der Waals surface area contributed by atoms with E-state index in [0.717, 1.165) is 21.9 Å². The molecule has 4 aliphatic rings. The molecule has 6 atom stereocenters. The van der Waals surface area contributed by atoms with E-state index in [-0.39, 0.29) is 22.7 Å². The first kappa shape index (κ1) is 14.8. The minimum Gasteiger partial charge on any atom is -0.264 e. The summed E-state index contributed by atoms with van der Waals surface area (Å²) < 4.78 is 0. The molecule has 0 spiro atoms. The molecule has 4 bridgehead atoms. The molecule has 2 aromatic rings. The lowest BCUT2D eigenvalue weighted by Gasteiger charge is -2.20. The lowest BCUT2D eigenvalue weighted by atomic mass is 9.87. The van der Waals surface area contributed by atoms with Gasteiger partial charge in [0.15, 0.2) is 0 Å². The Morgan fingerprint density at radius 2 is 1.83 bits per heavy atom. The molecule has 1 unspecified atom stereocenters. The predicted molar refractivity (Wildman–Crippen MR) is 95.1 cm³/mol. The Hall–Kier alpha value is -1.52. The van der Waals surface area contributed by atoms with Gasteiger partial charge < -0.3 is 0 Å². The molecule has 0 amide bonds. The number of nitrogens with zero attached hydrogens (tertiary/aromatic N) is 1. The molecule has 0 radical (unpaired) electrons. The third-order valence-corrected chi connectivity index (χ3v) is 7.95. The summed E-state index contributed by atoms with van der Waals surface area (Å²) in [6, 6.07) is 17.9. The zero-order valence-electron chi connectivity index (χ0n) is 12.8. The van der Waals surface area contributed by atoms with Gasteiger partial charge in [-0.3, -0.25) is 10.1 Å². The van der Waals surface area contributed by atoms with Crippen molar-refractivity contribution in [3.05, 3.63) is 75.3 Å². The van der Waals surface area contributed by atoms with Crippen molar-refractivity contribution in [1.82, 2.24) is 0 Å². The van der Waals surface area contributed by atoms with Gasteiger partial charge in [-0.1, -0.05) is 41.9 Å². The Labute approximate surface area is 149 Å². The van der Waals surface area contributed by atoms with Crippen LogP contribution in [0.25, 0.3) is 0 Å². The molecule has 5 heteroatoms. The van der Waals surface area contributed by atoms with Crippen LogP contribution in [0.15, 0.2) is 59.5 Å². The van der Waals surface area contributed by atoms with Gasteiger partial charge in [-0.05, 0) is 42.2 Å². The molecular weight excluding hydrogens is 342 g/mol. The highest BCUT2D eigenvalue weighted by molar-refractivity contribution is 8.00. The highest BCUT2D eigenvalue weighted by atomic mass is 35.5. The summed E-state index contributed by atoms with van der Waals surface area (Å²) >= 11 is 7.78. The number of hydrogen-bond acceptors (Lipinski definition) is 3. The molecule has 0 aromatic heterocycles. The average Bonchev–Trinajstić information content (AvgIpc) is 2.85. The molecule has 0 saturated heterocycles. The first-order chi connectivity index (χ1) is 11.6. The summed E-state index contributed by atoms with van der Waals surface area (Å²) in [6.45, 7) is 0. The topological polar surface area (TPSA) is 43.1 Å². The summed E-state index contributed by atoms with van der Waals surface area (Å²) in [5, 5.41) is 13.1. The molecule has 3 nitrogen and oxygen atoms in total. The van der Waals surface area contributed by atoms with E-state index in [2.05, 4.69) is 12.1 Å². The number of thioether (sulfide) groups is 1. The fraction of sp³-hybridized carbons (Fsp3) is 0.368. The summed E-state index contributed by atoms with van der Waals surface area (Å²) in [5.41, 5.74) is 0.430. The van der Waals surface area contributed by atoms with Gasteiger partial charge >= 0.3 is 0 Å². The third kappa shape index (κ3) is 1.76. The fourth-order valence-electron chi connectivity index (χ4n) is 5.50. The molecule has 4 fully saturated rings. The van der Waals surface area contributed by atoms with E-state index in [9.17, 15) is 10.1 Å². The van der Waals surface area contributed by atoms with Crippen molar-refractivity contribution in [2.24, 2.45) is 17.8 Å². The smallest absolute Gasteiger partial charge is 0.237 e. The highest BCUT2D eigenvalue weighted by Gasteiger charge is 2.92. The minimum atomic E-state index is -0.712. The molecular formula is C19H16ClNO2S. The summed E-state index contributed by atoms with van der Waals surface area (Å²) in [7, 11) is 0. The van der Waals surface area contributed by atoms with Crippen LogP contribution in [-0.2, 0) is 0 Å². The van der Waals surface area contributed by atoms with Crippen LogP contribution in [0.4, 0.5) is 0 Å². The quantitative estimate of drug-likeness (QED) is 0.578. The van der Waals surface area contributed by atoms with Gasteiger partial charge in [0, 0.05) is 26.0 Å². The van der Waals surface area contributed by atoms with Crippen molar-refractivity contribution < 1.29 is 4.92 Å². The Kier molecular flexibility index (Phi) is 3.08. The lowest BCUT2D eigenvalue weighted by Crippen LogP contribution is -2.29. The highest BCUT2D eigenvalue weighted by Crippen LogP contribution is 2.82. The molecule has 4 saturated carbocycles. The van der Waals surface area contributed by atoms with Crippen molar-refractivity contribution in [3.8, 4) is 0 Å². The Balaban J connectivity index is 1.51. The number of rotatable bonds is 4. The van der Waals surface area contributed by atoms with E-state index in [1.54, 1.807) is 0 Å². The second kappa shape index (κ2) is 4.99. The summed E-state index contributed by atoms with van der Waals surface area (Å²) in [6.07, 6.45) is 0.996. The van der Waals surface area contributed by atoms with Crippen molar-refractivity contribution in [2.45, 2.75) is 28.0 Å². The van der Waals surface area contributed by atoms with Crippen LogP contribution >= 0.6 is 23.4 Å². The van der Waals surface area contributed by atoms with Crippen LogP contribution < -0.4 is 0 Å². The van der Waals surface area contributed by atoms with Crippen LogP contribution in [0, 0.1) is 27.9 Å². The standard InChI is InChI=1S/C19H16ClNO2S/c20-12-6-8-13(9-7-12)24-18-14-10-15-17(18)19(15,21(22)23)16(14)11-4-2-1-3-5-11/h1-9,14-18H,10H2/t14-,15+,16+,17?,18-,19-/m0/s1. The Morgan fingerprint density at radius 3 is 2.50 bits per heavy atom. The van der Waals surface area contributed by atoms with Crippen molar-refractivity contribution in [2.75, 3.05) is 0 Å². The average molecular weight is 358 g/mol. The van der Waals surface area contributed by atoms with Gasteiger partial charge in [0.1, 0.15) is 0 Å². The second-order valence-electron chi connectivity index (χ2n) is 7.10. The normalized spacial score (nSPS) is 38.3. The van der Waals surface area contributed by atoms with Gasteiger partial charge in [0.2, 0.25) is 5.54 Å². The fourth-order valence-corrected chi connectivity index (χ4v) is 7.23. The molecule has 4 aliphatic carbocycles. The SMILES string of the molecule is O=[N+]([O-])[C@@]12C3[C@@H](Sc4ccc(Cl)cc4)[C@@H](C[C@H]31)[C@H]2c1ccccc1. The number of halogens is 1. The van der Waals surface area contributed by atoms with Gasteiger partial charge in [-0.2, -0.15) is 0 Å². The van der Waals surface area contributed by atoms with E-state index in [0.29, 0.717) is 11.2 Å². The van der Waals surface area contributed by atoms with Gasteiger partial charge in [0.25, 0.3) is 0 Å². The number of nitro groups is 1. The Morgan fingerprint density at radius 1 is 1.12 bits per heavy atom. The second-order valence-corrected chi connectivity index (χ2v) is 8.79. The monoisotopic (exact) mass is 357 g/mol. The summed E-state index contributed by atoms with van der Waals surface area (Å²) in [4.78, 5) is 13.2. The maximum Gasteiger partial charge on any atom is 0.237 e. The number of benzene rings is 2. The molecule has 122 valence electrons. The summed E-state index contributed by atoms with van der Waals surface area (Å²) in [5.74, 6) is 0.929. The molecule has 0 N–H and O–H groups in total. The van der Waals surface area contributed by atoms with Crippen LogP contribution in [-0.4, -0.2) is 15.7 Å². The van der Waals surface area contributed by atoms with E-state index >= 15 is 0 Å². The van der Waals surface area contributed by atoms with E-state index < -0.39 is 5.54 Å². The first-order valence-corrected chi connectivity index (χ1v) is 9.51. The van der Waals surface area contributed by atoms with Crippen molar-refractivity contribution >= 4 is 23.4 Å². The molecule has 6 rings (SSSR count). The maximum atomic E-state index is 12.0. The van der Waals surface area contributed by atoms with Crippen LogP contribution in [0.5, 0.6) is 0 Å². The predicted octanol–water partition coefficient (Wildman–Crippen LogP) is 4.88. The molecule has 0 aliphatic heterocycles. The third-order valence-electron chi connectivity index (χ3n) is 6.24. The minimum absolute atomic E-state index is 0.0441. The maximum absolute atomic E-state index is 12.0. The van der Waals surface area contributed by atoms with Gasteiger partial charge in [-0.15, -0.1) is 11.8 Å². The molecule has 2 aromatic carbocycles. The molecule has 0 heterocycles.